The Kier molecular flexibility index (Phi) is 6.90. The molecule has 0 radical (unpaired) electrons. The number of hydrogen-bond acceptors (Lipinski definition) is 5. The van der Waals surface area contributed by atoms with Crippen molar-refractivity contribution in [2.75, 3.05) is 39.4 Å². The summed E-state index contributed by atoms with van der Waals surface area (Å²) in [7, 11) is 0. The van der Waals surface area contributed by atoms with E-state index in [4.69, 9.17) is 9.15 Å². The molecule has 3 heterocycles. The second-order valence-corrected chi connectivity index (χ2v) is 7.09. The number of nitrogens with zero attached hydrogens (tertiary/aromatic N) is 2. The zero-order chi connectivity index (χ0) is 17.3. The van der Waals surface area contributed by atoms with E-state index < -0.39 is 0 Å². The molecule has 7 heteroatoms. The summed E-state index contributed by atoms with van der Waals surface area (Å²) in [4.78, 5) is 17.9. The number of rotatable bonds is 8. The van der Waals surface area contributed by atoms with E-state index in [0.717, 1.165) is 49.9 Å². The first-order chi connectivity index (χ1) is 12.3. The Morgan fingerprint density at radius 1 is 1.24 bits per heavy atom. The maximum atomic E-state index is 12.6. The van der Waals surface area contributed by atoms with E-state index in [0.29, 0.717) is 19.6 Å². The number of urea groups is 1. The van der Waals surface area contributed by atoms with Crippen molar-refractivity contribution in [2.45, 2.75) is 19.5 Å². The lowest BCUT2D eigenvalue weighted by Crippen LogP contribution is -2.41. The maximum absolute atomic E-state index is 12.6. The lowest BCUT2D eigenvalue weighted by molar-refractivity contribution is 0.0375. The number of thiophene rings is 1. The van der Waals surface area contributed by atoms with E-state index in [2.05, 4.69) is 10.2 Å². The minimum absolute atomic E-state index is 0.0493. The monoisotopic (exact) mass is 363 g/mol. The van der Waals surface area contributed by atoms with Crippen molar-refractivity contribution in [1.29, 1.82) is 0 Å². The molecule has 0 aromatic carbocycles. The van der Waals surface area contributed by atoms with Crippen molar-refractivity contribution >= 4 is 17.4 Å². The highest BCUT2D eigenvalue weighted by Crippen LogP contribution is 2.15. The van der Waals surface area contributed by atoms with Crippen LogP contribution in [0.2, 0.25) is 0 Å². The van der Waals surface area contributed by atoms with E-state index in [9.17, 15) is 4.79 Å². The molecule has 0 aliphatic carbocycles. The Morgan fingerprint density at radius 3 is 2.84 bits per heavy atom. The highest BCUT2D eigenvalue weighted by atomic mass is 32.1. The van der Waals surface area contributed by atoms with Gasteiger partial charge in [-0.15, -0.1) is 11.3 Å². The van der Waals surface area contributed by atoms with Gasteiger partial charge in [-0.25, -0.2) is 4.79 Å². The second-order valence-electron chi connectivity index (χ2n) is 6.05. The molecule has 1 saturated heterocycles. The zero-order valence-electron chi connectivity index (χ0n) is 14.4. The molecule has 25 heavy (non-hydrogen) atoms. The molecule has 2 aromatic heterocycles. The number of ether oxygens (including phenoxy) is 1. The fourth-order valence-electron chi connectivity index (χ4n) is 2.82. The molecule has 136 valence electrons. The van der Waals surface area contributed by atoms with Gasteiger partial charge in [-0.3, -0.25) is 4.90 Å². The second kappa shape index (κ2) is 9.60. The van der Waals surface area contributed by atoms with E-state index in [-0.39, 0.29) is 6.03 Å². The minimum atomic E-state index is -0.0493. The van der Waals surface area contributed by atoms with Crippen LogP contribution in [0.5, 0.6) is 0 Å². The smallest absolute Gasteiger partial charge is 0.318 e. The average Bonchev–Trinajstić information content (AvgIpc) is 3.33. The highest BCUT2D eigenvalue weighted by molar-refractivity contribution is 7.09. The Labute approximate surface area is 152 Å². The molecule has 2 aromatic rings. The first-order valence-electron chi connectivity index (χ1n) is 8.69. The van der Waals surface area contributed by atoms with E-state index in [1.807, 2.05) is 29.6 Å². The van der Waals surface area contributed by atoms with Crippen LogP contribution in [0.25, 0.3) is 0 Å². The van der Waals surface area contributed by atoms with Gasteiger partial charge in [0.05, 0.1) is 32.6 Å². The average molecular weight is 363 g/mol. The van der Waals surface area contributed by atoms with Gasteiger partial charge in [-0.2, -0.15) is 0 Å². The molecule has 0 saturated carbocycles. The van der Waals surface area contributed by atoms with Crippen LogP contribution in [0.1, 0.15) is 17.1 Å². The van der Waals surface area contributed by atoms with Crippen LogP contribution in [0.3, 0.4) is 0 Å². The summed E-state index contributed by atoms with van der Waals surface area (Å²) in [6.07, 6.45) is 2.58. The molecule has 1 N–H and O–H groups in total. The van der Waals surface area contributed by atoms with Crippen LogP contribution in [-0.4, -0.2) is 55.2 Å². The van der Waals surface area contributed by atoms with Crippen molar-refractivity contribution < 1.29 is 13.9 Å². The van der Waals surface area contributed by atoms with Crippen LogP contribution in [0.4, 0.5) is 4.79 Å². The van der Waals surface area contributed by atoms with Crippen LogP contribution in [0, 0.1) is 0 Å². The van der Waals surface area contributed by atoms with Gasteiger partial charge in [-0.05, 0) is 36.5 Å². The van der Waals surface area contributed by atoms with Gasteiger partial charge < -0.3 is 19.4 Å². The number of carbonyl (C=O) groups excluding carboxylic acids is 1. The number of amides is 2. The predicted molar refractivity (Wildman–Crippen MR) is 97.5 cm³/mol. The molecule has 0 spiro atoms. The Hall–Kier alpha value is -1.83. The summed E-state index contributed by atoms with van der Waals surface area (Å²) in [5.41, 5.74) is 0. The van der Waals surface area contributed by atoms with Crippen LogP contribution in [0.15, 0.2) is 40.3 Å². The topological polar surface area (TPSA) is 58.0 Å². The summed E-state index contributed by atoms with van der Waals surface area (Å²) < 4.78 is 10.8. The van der Waals surface area contributed by atoms with Crippen LogP contribution < -0.4 is 5.32 Å². The van der Waals surface area contributed by atoms with Gasteiger partial charge in [0.15, 0.2) is 0 Å². The van der Waals surface area contributed by atoms with Crippen molar-refractivity contribution in [3.63, 3.8) is 0 Å². The molecule has 6 nitrogen and oxygen atoms in total. The van der Waals surface area contributed by atoms with Crippen molar-refractivity contribution in [3.05, 3.63) is 46.5 Å². The lowest BCUT2D eigenvalue weighted by atomic mass is 10.3. The molecule has 1 aliphatic rings. The molecular formula is C18H25N3O3S. The SMILES string of the molecule is O=C(NCCCN1CCOCC1)N(Cc1ccco1)Cc1cccs1. The van der Waals surface area contributed by atoms with Gasteiger partial charge in [0, 0.05) is 24.5 Å². The zero-order valence-corrected chi connectivity index (χ0v) is 15.2. The molecule has 0 unspecified atom stereocenters. The molecule has 3 rings (SSSR count). The van der Waals surface area contributed by atoms with Crippen LogP contribution >= 0.6 is 11.3 Å². The fraction of sp³-hybridized carbons (Fsp3) is 0.500. The molecule has 1 fully saturated rings. The standard InChI is InChI=1S/C18H25N3O3S/c22-18(19-6-3-7-20-8-11-23-12-9-20)21(14-16-4-1-10-24-16)15-17-5-2-13-25-17/h1-2,4-5,10,13H,3,6-9,11-12,14-15H2,(H,19,22). The lowest BCUT2D eigenvalue weighted by Gasteiger charge is -2.26. The summed E-state index contributed by atoms with van der Waals surface area (Å²) in [5.74, 6) is 0.792. The number of hydrogen-bond donors (Lipinski definition) is 1. The third-order valence-corrected chi connectivity index (χ3v) is 5.03. The van der Waals surface area contributed by atoms with E-state index in [1.54, 1.807) is 22.5 Å². The largest absolute Gasteiger partial charge is 0.467 e. The quantitative estimate of drug-likeness (QED) is 0.733. The third-order valence-electron chi connectivity index (χ3n) is 4.17. The number of nitrogens with one attached hydrogen (secondary N) is 1. The van der Waals surface area contributed by atoms with Crippen LogP contribution in [-0.2, 0) is 17.8 Å². The fourth-order valence-corrected chi connectivity index (χ4v) is 3.53. The van der Waals surface area contributed by atoms with Gasteiger partial charge in [0.1, 0.15) is 5.76 Å². The highest BCUT2D eigenvalue weighted by Gasteiger charge is 2.16. The van der Waals surface area contributed by atoms with E-state index in [1.165, 1.54) is 0 Å². The molecule has 2 amide bonds. The molecular weight excluding hydrogens is 338 g/mol. The number of carbonyl (C=O) groups is 1. The summed E-state index contributed by atoms with van der Waals surface area (Å²) in [6.45, 7) is 6.32. The van der Waals surface area contributed by atoms with Gasteiger partial charge in [-0.1, -0.05) is 6.07 Å². The Morgan fingerprint density at radius 2 is 2.12 bits per heavy atom. The first kappa shape index (κ1) is 18.0. The van der Waals surface area contributed by atoms with Crippen molar-refractivity contribution in [1.82, 2.24) is 15.1 Å². The molecule has 1 aliphatic heterocycles. The summed E-state index contributed by atoms with van der Waals surface area (Å²) >= 11 is 1.66. The predicted octanol–water partition coefficient (Wildman–Crippen LogP) is 2.78. The van der Waals surface area contributed by atoms with E-state index >= 15 is 0 Å². The maximum Gasteiger partial charge on any atom is 0.318 e. The number of furan rings is 1. The third kappa shape index (κ3) is 5.88. The molecule has 0 bridgehead atoms. The van der Waals surface area contributed by atoms with Crippen molar-refractivity contribution in [2.24, 2.45) is 0 Å². The Balaban J connectivity index is 1.46. The first-order valence-corrected chi connectivity index (χ1v) is 9.57. The number of morpholine rings is 1. The summed E-state index contributed by atoms with van der Waals surface area (Å²) in [6, 6.07) is 7.75. The Bertz CT molecular complexity index is 573. The van der Waals surface area contributed by atoms with Gasteiger partial charge >= 0.3 is 6.03 Å². The normalized spacial score (nSPS) is 15.2. The van der Waals surface area contributed by atoms with Crippen molar-refractivity contribution in [3.8, 4) is 0 Å². The minimum Gasteiger partial charge on any atom is -0.467 e. The summed E-state index contributed by atoms with van der Waals surface area (Å²) in [5, 5.41) is 5.07. The van der Waals surface area contributed by atoms with Gasteiger partial charge in [0.2, 0.25) is 0 Å². The molecule has 0 atom stereocenters. The van der Waals surface area contributed by atoms with Gasteiger partial charge in [0.25, 0.3) is 0 Å².